The monoisotopic (exact) mass is 724 g/mol. The number of hydrogen-bond acceptors (Lipinski definition) is 2. The minimum atomic E-state index is 0.542. The molecular formula is C51H28N6. The van der Waals surface area contributed by atoms with Gasteiger partial charge in [0.1, 0.15) is 6.07 Å². The lowest BCUT2D eigenvalue weighted by molar-refractivity contribution is 1.15. The molecule has 6 nitrogen and oxygen atoms in total. The first-order chi connectivity index (χ1) is 28.2. The van der Waals surface area contributed by atoms with Crippen LogP contribution < -0.4 is 0 Å². The molecule has 6 heteroatoms. The third-order valence-electron chi connectivity index (χ3n) is 11.3. The maximum absolute atomic E-state index is 10.9. The number of nitriles is 2. The highest BCUT2D eigenvalue weighted by Crippen LogP contribution is 2.44. The Morgan fingerprint density at radius 1 is 0.421 bits per heavy atom. The summed E-state index contributed by atoms with van der Waals surface area (Å²) in [5, 5.41) is 27.0. The minimum Gasteiger partial charge on any atom is -0.309 e. The average Bonchev–Trinajstić information content (AvgIpc) is 3.91. The highest BCUT2D eigenvalue weighted by atomic mass is 15.0. The lowest BCUT2D eigenvalue weighted by Gasteiger charge is -2.19. The molecule has 57 heavy (non-hydrogen) atoms. The molecular weight excluding hydrogens is 697 g/mol. The van der Waals surface area contributed by atoms with E-state index in [4.69, 9.17) is 6.57 Å². The van der Waals surface area contributed by atoms with Gasteiger partial charge in [-0.25, -0.2) is 4.85 Å². The van der Waals surface area contributed by atoms with Gasteiger partial charge < -0.3 is 13.7 Å². The lowest BCUT2D eigenvalue weighted by Crippen LogP contribution is -2.03. The zero-order valence-corrected chi connectivity index (χ0v) is 30.3. The molecule has 3 aromatic heterocycles. The number of rotatable bonds is 4. The van der Waals surface area contributed by atoms with E-state index in [9.17, 15) is 10.5 Å². The van der Waals surface area contributed by atoms with Crippen LogP contribution >= 0.6 is 0 Å². The van der Waals surface area contributed by atoms with Crippen LogP contribution in [-0.2, 0) is 0 Å². The van der Waals surface area contributed by atoms with Crippen molar-refractivity contribution >= 4 is 71.1 Å². The molecule has 0 saturated heterocycles. The van der Waals surface area contributed by atoms with Crippen molar-refractivity contribution < 1.29 is 0 Å². The largest absolute Gasteiger partial charge is 0.309 e. The smallest absolute Gasteiger partial charge is 0.188 e. The van der Waals surface area contributed by atoms with E-state index in [0.29, 0.717) is 16.8 Å². The van der Waals surface area contributed by atoms with Crippen LogP contribution in [0.1, 0.15) is 11.1 Å². The highest BCUT2D eigenvalue weighted by molar-refractivity contribution is 6.17. The van der Waals surface area contributed by atoms with Crippen molar-refractivity contribution in [1.29, 1.82) is 10.5 Å². The Morgan fingerprint density at radius 3 is 1.68 bits per heavy atom. The van der Waals surface area contributed by atoms with Gasteiger partial charge in [-0.15, -0.1) is 0 Å². The second kappa shape index (κ2) is 12.3. The average molecular weight is 725 g/mol. The molecule has 3 heterocycles. The zero-order valence-electron chi connectivity index (χ0n) is 30.3. The molecule has 11 aromatic rings. The Balaban J connectivity index is 1.24. The Labute approximate surface area is 326 Å². The fraction of sp³-hybridized carbons (Fsp3) is 0. The van der Waals surface area contributed by atoms with Crippen LogP contribution in [-0.4, -0.2) is 13.7 Å². The van der Waals surface area contributed by atoms with Gasteiger partial charge in [0.2, 0.25) is 0 Å². The van der Waals surface area contributed by atoms with E-state index in [1.54, 1.807) is 0 Å². The maximum Gasteiger partial charge on any atom is 0.188 e. The van der Waals surface area contributed by atoms with Crippen LogP contribution in [0.5, 0.6) is 0 Å². The first-order valence-electron chi connectivity index (χ1n) is 18.7. The van der Waals surface area contributed by atoms with Crippen LogP contribution in [0.4, 0.5) is 5.69 Å². The van der Waals surface area contributed by atoms with Crippen molar-refractivity contribution in [2.75, 3.05) is 0 Å². The van der Waals surface area contributed by atoms with Gasteiger partial charge in [-0.1, -0.05) is 97.1 Å². The molecule has 0 aliphatic heterocycles. The molecule has 0 fully saturated rings. The number of hydrogen-bond donors (Lipinski definition) is 0. The summed E-state index contributed by atoms with van der Waals surface area (Å²) in [4.78, 5) is 3.73. The van der Waals surface area contributed by atoms with E-state index in [2.05, 4.69) is 146 Å². The standard InChI is InChI=1S/C51H28N6/c1-54-34-25-27-47-41(29-34)40-28-32(30-52)24-26-46(40)56(47)48-22-11-23-49-50(48)39-16-5-9-21-45(39)57(49)51-33(31-53)12-10-17-38(51)37-15-4-8-20-44(37)55-42-18-6-2-13-35(42)36-14-3-7-19-43(36)55/h2-29H. The SMILES string of the molecule is [C-]#[N+]c1ccc2c(c1)c1cc(C#N)ccc1n2-c1cccc2c1c1ccccc1n2-c1c(C#N)cccc1-c1ccccc1-n1c2ccccc2c2ccccc21. The van der Waals surface area contributed by atoms with Crippen molar-refractivity contribution in [2.45, 2.75) is 0 Å². The van der Waals surface area contributed by atoms with E-state index < -0.39 is 0 Å². The first-order valence-corrected chi connectivity index (χ1v) is 18.7. The predicted molar refractivity (Wildman–Crippen MR) is 231 cm³/mol. The fourth-order valence-corrected chi connectivity index (χ4v) is 9.01. The maximum atomic E-state index is 10.9. The summed E-state index contributed by atoms with van der Waals surface area (Å²) in [5.74, 6) is 0. The van der Waals surface area contributed by atoms with Crippen molar-refractivity contribution in [3.8, 4) is 40.3 Å². The summed E-state index contributed by atoms with van der Waals surface area (Å²) < 4.78 is 6.84. The van der Waals surface area contributed by atoms with Gasteiger partial charge in [-0.05, 0) is 78.2 Å². The summed E-state index contributed by atoms with van der Waals surface area (Å²) in [5.41, 5.74) is 12.4. The van der Waals surface area contributed by atoms with Crippen LogP contribution in [0.15, 0.2) is 170 Å². The third-order valence-corrected chi connectivity index (χ3v) is 11.3. The van der Waals surface area contributed by atoms with Gasteiger partial charge in [-0.3, -0.25) is 0 Å². The van der Waals surface area contributed by atoms with Gasteiger partial charge in [0.15, 0.2) is 5.69 Å². The van der Waals surface area contributed by atoms with Crippen LogP contribution in [0.25, 0.3) is 98.5 Å². The van der Waals surface area contributed by atoms with Crippen LogP contribution in [0, 0.1) is 29.2 Å². The molecule has 8 aromatic carbocycles. The quantitative estimate of drug-likeness (QED) is 0.170. The van der Waals surface area contributed by atoms with Gasteiger partial charge in [0, 0.05) is 38.1 Å². The Morgan fingerprint density at radius 2 is 0.965 bits per heavy atom. The van der Waals surface area contributed by atoms with Crippen molar-refractivity contribution in [3.63, 3.8) is 0 Å². The number of nitrogens with zero attached hydrogens (tertiary/aromatic N) is 6. The molecule has 0 saturated carbocycles. The van der Waals surface area contributed by atoms with Gasteiger partial charge in [-0.2, -0.15) is 10.5 Å². The molecule has 0 atom stereocenters. The van der Waals surface area contributed by atoms with E-state index in [1.807, 2.05) is 54.6 Å². The second-order valence-electron chi connectivity index (χ2n) is 14.2. The number of fused-ring (bicyclic) bond motifs is 9. The molecule has 0 unspecified atom stereocenters. The minimum absolute atomic E-state index is 0.542. The predicted octanol–water partition coefficient (Wildman–Crippen LogP) is 12.9. The van der Waals surface area contributed by atoms with E-state index in [1.165, 1.54) is 10.8 Å². The molecule has 0 aliphatic rings. The van der Waals surface area contributed by atoms with Gasteiger partial charge >= 0.3 is 0 Å². The topological polar surface area (TPSA) is 66.7 Å². The van der Waals surface area contributed by atoms with E-state index >= 15 is 0 Å². The first kappa shape index (κ1) is 32.1. The summed E-state index contributed by atoms with van der Waals surface area (Å²) >= 11 is 0. The molecule has 11 rings (SSSR count). The third kappa shape index (κ3) is 4.55. The van der Waals surface area contributed by atoms with Crippen molar-refractivity contribution in [2.24, 2.45) is 0 Å². The van der Waals surface area contributed by atoms with Crippen molar-refractivity contribution in [3.05, 3.63) is 192 Å². The zero-order chi connectivity index (χ0) is 38.2. The van der Waals surface area contributed by atoms with Crippen molar-refractivity contribution in [1.82, 2.24) is 13.7 Å². The normalized spacial score (nSPS) is 11.5. The number of para-hydroxylation sites is 5. The second-order valence-corrected chi connectivity index (χ2v) is 14.2. The summed E-state index contributed by atoms with van der Waals surface area (Å²) in [6.45, 7) is 7.74. The van der Waals surface area contributed by atoms with E-state index in [0.717, 1.165) is 82.8 Å². The Kier molecular flexibility index (Phi) is 6.95. The summed E-state index contributed by atoms with van der Waals surface area (Å²) in [6.07, 6.45) is 0. The highest BCUT2D eigenvalue weighted by Gasteiger charge is 2.24. The molecule has 0 aliphatic carbocycles. The summed E-state index contributed by atoms with van der Waals surface area (Å²) in [6, 6.07) is 62.6. The molecule has 0 spiro atoms. The van der Waals surface area contributed by atoms with Gasteiger partial charge in [0.25, 0.3) is 0 Å². The van der Waals surface area contributed by atoms with E-state index in [-0.39, 0.29) is 0 Å². The fourth-order valence-electron chi connectivity index (χ4n) is 9.01. The molecule has 0 bridgehead atoms. The van der Waals surface area contributed by atoms with Gasteiger partial charge in [0.05, 0.1) is 73.9 Å². The Hall–Kier alpha value is -8.37. The number of benzene rings is 8. The summed E-state index contributed by atoms with van der Waals surface area (Å²) in [7, 11) is 0. The molecule has 0 amide bonds. The molecule has 262 valence electrons. The Bertz CT molecular complexity index is 3500. The molecule has 0 N–H and O–H groups in total. The van der Waals surface area contributed by atoms with Crippen LogP contribution in [0.2, 0.25) is 0 Å². The lowest BCUT2D eigenvalue weighted by atomic mass is 9.98. The molecule has 0 radical (unpaired) electrons. The van der Waals surface area contributed by atoms with Crippen LogP contribution in [0.3, 0.4) is 0 Å². The number of aromatic nitrogens is 3.